The van der Waals surface area contributed by atoms with Gasteiger partial charge in [-0.2, -0.15) is 0 Å². The maximum atomic E-state index is 11.8. The first-order chi connectivity index (χ1) is 6.66. The van der Waals surface area contributed by atoms with Crippen LogP contribution in [-0.4, -0.2) is 5.78 Å². The second-order valence-electron chi connectivity index (χ2n) is 5.14. The highest BCUT2D eigenvalue weighted by Crippen LogP contribution is 2.51. The van der Waals surface area contributed by atoms with Gasteiger partial charge in [0.25, 0.3) is 0 Å². The van der Waals surface area contributed by atoms with Crippen LogP contribution in [0.15, 0.2) is 12.2 Å². The average Bonchev–Trinajstić information content (AvgIpc) is 2.38. The summed E-state index contributed by atoms with van der Waals surface area (Å²) in [6.45, 7) is 6.12. The Labute approximate surface area is 86.6 Å². The SMILES string of the molecule is C=C1C(=O)C(C)CC12CCCCCC2. The monoisotopic (exact) mass is 192 g/mol. The first kappa shape index (κ1) is 9.95. The van der Waals surface area contributed by atoms with Crippen LogP contribution < -0.4 is 0 Å². The lowest BCUT2D eigenvalue weighted by Crippen LogP contribution is -2.18. The Morgan fingerprint density at radius 1 is 1.21 bits per heavy atom. The molecular weight excluding hydrogens is 172 g/mol. The molecule has 0 aromatic rings. The summed E-state index contributed by atoms with van der Waals surface area (Å²) in [5.41, 5.74) is 1.17. The molecule has 1 heteroatoms. The van der Waals surface area contributed by atoms with E-state index in [9.17, 15) is 4.79 Å². The molecule has 0 amide bonds. The maximum Gasteiger partial charge on any atom is 0.161 e. The van der Waals surface area contributed by atoms with Gasteiger partial charge in [-0.05, 0) is 30.3 Å². The molecule has 0 aromatic heterocycles. The minimum Gasteiger partial charge on any atom is -0.294 e. The molecule has 1 atom stereocenters. The molecule has 0 aliphatic heterocycles. The highest BCUT2D eigenvalue weighted by Gasteiger charge is 2.45. The van der Waals surface area contributed by atoms with E-state index in [1.165, 1.54) is 38.5 Å². The molecule has 2 aliphatic rings. The molecule has 0 saturated heterocycles. The van der Waals surface area contributed by atoms with Crippen LogP contribution in [0.2, 0.25) is 0 Å². The lowest BCUT2D eigenvalue weighted by molar-refractivity contribution is -0.117. The zero-order chi connectivity index (χ0) is 10.2. The van der Waals surface area contributed by atoms with Crippen molar-refractivity contribution >= 4 is 5.78 Å². The molecule has 0 aromatic carbocycles. The first-order valence-electron chi connectivity index (χ1n) is 5.89. The summed E-state index contributed by atoms with van der Waals surface area (Å²) in [7, 11) is 0. The van der Waals surface area contributed by atoms with E-state index in [1.807, 2.05) is 0 Å². The van der Waals surface area contributed by atoms with Crippen LogP contribution in [-0.2, 0) is 4.79 Å². The van der Waals surface area contributed by atoms with Crippen molar-refractivity contribution < 1.29 is 4.79 Å². The van der Waals surface area contributed by atoms with Crippen LogP contribution in [0.4, 0.5) is 0 Å². The molecule has 2 rings (SSSR count). The number of Topliss-reactive ketones (excluding diaryl/α,β-unsaturated/α-hetero) is 1. The largest absolute Gasteiger partial charge is 0.294 e. The molecule has 0 bridgehead atoms. The standard InChI is InChI=1S/C13H20O/c1-10-9-13(11(2)12(10)14)7-5-3-4-6-8-13/h10H,2-9H2,1H3. The normalized spacial score (nSPS) is 32.2. The van der Waals surface area contributed by atoms with Crippen LogP contribution in [0.1, 0.15) is 51.9 Å². The van der Waals surface area contributed by atoms with E-state index in [1.54, 1.807) is 0 Å². The molecule has 1 spiro atoms. The van der Waals surface area contributed by atoms with Gasteiger partial charge in [-0.3, -0.25) is 4.79 Å². The van der Waals surface area contributed by atoms with Crippen molar-refractivity contribution in [1.29, 1.82) is 0 Å². The van der Waals surface area contributed by atoms with Gasteiger partial charge in [-0.1, -0.05) is 39.2 Å². The minimum absolute atomic E-state index is 0.215. The van der Waals surface area contributed by atoms with Gasteiger partial charge in [0.1, 0.15) is 0 Å². The Bertz CT molecular complexity index is 256. The third-order valence-corrected chi connectivity index (χ3v) is 4.14. The van der Waals surface area contributed by atoms with E-state index in [0.717, 1.165) is 12.0 Å². The predicted molar refractivity (Wildman–Crippen MR) is 58.1 cm³/mol. The van der Waals surface area contributed by atoms with Crippen molar-refractivity contribution in [2.75, 3.05) is 0 Å². The van der Waals surface area contributed by atoms with Gasteiger partial charge in [0.15, 0.2) is 5.78 Å². The van der Waals surface area contributed by atoms with Crippen molar-refractivity contribution in [3.63, 3.8) is 0 Å². The zero-order valence-corrected chi connectivity index (χ0v) is 9.14. The van der Waals surface area contributed by atoms with Gasteiger partial charge in [0, 0.05) is 5.92 Å². The Hall–Kier alpha value is -0.590. The third-order valence-electron chi connectivity index (χ3n) is 4.14. The number of ketones is 1. The van der Waals surface area contributed by atoms with Gasteiger partial charge in [-0.25, -0.2) is 0 Å². The van der Waals surface area contributed by atoms with E-state index < -0.39 is 0 Å². The summed E-state index contributed by atoms with van der Waals surface area (Å²) < 4.78 is 0. The molecule has 2 aliphatic carbocycles. The predicted octanol–water partition coefficient (Wildman–Crippen LogP) is 3.49. The number of rotatable bonds is 0. The van der Waals surface area contributed by atoms with Crippen molar-refractivity contribution in [3.8, 4) is 0 Å². The van der Waals surface area contributed by atoms with E-state index in [-0.39, 0.29) is 11.3 Å². The van der Waals surface area contributed by atoms with Gasteiger partial charge >= 0.3 is 0 Å². The number of allylic oxidation sites excluding steroid dienone is 1. The van der Waals surface area contributed by atoms with Gasteiger partial charge < -0.3 is 0 Å². The van der Waals surface area contributed by atoms with Crippen molar-refractivity contribution in [2.24, 2.45) is 11.3 Å². The smallest absolute Gasteiger partial charge is 0.161 e. The summed E-state index contributed by atoms with van der Waals surface area (Å²) >= 11 is 0. The Morgan fingerprint density at radius 3 is 2.21 bits per heavy atom. The molecule has 2 fully saturated rings. The molecule has 1 unspecified atom stereocenters. The second-order valence-corrected chi connectivity index (χ2v) is 5.14. The van der Waals surface area contributed by atoms with E-state index in [2.05, 4.69) is 13.5 Å². The minimum atomic E-state index is 0.215. The quantitative estimate of drug-likeness (QED) is 0.537. The second kappa shape index (κ2) is 3.52. The maximum absolute atomic E-state index is 11.8. The zero-order valence-electron chi connectivity index (χ0n) is 9.14. The molecule has 1 nitrogen and oxygen atoms in total. The first-order valence-corrected chi connectivity index (χ1v) is 5.89. The van der Waals surface area contributed by atoms with Crippen molar-refractivity contribution in [3.05, 3.63) is 12.2 Å². The van der Waals surface area contributed by atoms with E-state index in [0.29, 0.717) is 5.78 Å². The van der Waals surface area contributed by atoms with Gasteiger partial charge in [0.05, 0.1) is 0 Å². The Morgan fingerprint density at radius 2 is 1.79 bits per heavy atom. The lowest BCUT2D eigenvalue weighted by Gasteiger charge is -2.28. The summed E-state index contributed by atoms with van der Waals surface area (Å²) in [6, 6.07) is 0. The van der Waals surface area contributed by atoms with Gasteiger partial charge in [-0.15, -0.1) is 0 Å². The fraction of sp³-hybridized carbons (Fsp3) is 0.769. The Kier molecular flexibility index (Phi) is 2.50. The van der Waals surface area contributed by atoms with Gasteiger partial charge in [0.2, 0.25) is 0 Å². The van der Waals surface area contributed by atoms with Crippen LogP contribution in [0, 0.1) is 11.3 Å². The number of hydrogen-bond acceptors (Lipinski definition) is 1. The molecule has 14 heavy (non-hydrogen) atoms. The molecule has 2 saturated carbocycles. The highest BCUT2D eigenvalue weighted by molar-refractivity contribution is 6.00. The van der Waals surface area contributed by atoms with Crippen LogP contribution >= 0.6 is 0 Å². The molecule has 0 N–H and O–H groups in total. The summed E-state index contributed by atoms with van der Waals surface area (Å²) in [5, 5.41) is 0. The van der Waals surface area contributed by atoms with E-state index >= 15 is 0 Å². The molecular formula is C13H20O. The van der Waals surface area contributed by atoms with Crippen molar-refractivity contribution in [1.82, 2.24) is 0 Å². The van der Waals surface area contributed by atoms with Crippen LogP contribution in [0.5, 0.6) is 0 Å². The molecule has 0 heterocycles. The van der Waals surface area contributed by atoms with Crippen LogP contribution in [0.3, 0.4) is 0 Å². The molecule has 0 radical (unpaired) electrons. The summed E-state index contributed by atoms with van der Waals surface area (Å²) in [5.74, 6) is 0.576. The number of hydrogen-bond donors (Lipinski definition) is 0. The lowest BCUT2D eigenvalue weighted by atomic mass is 9.76. The highest BCUT2D eigenvalue weighted by atomic mass is 16.1. The average molecular weight is 192 g/mol. The number of carbonyl (C=O) groups excluding carboxylic acids is 1. The van der Waals surface area contributed by atoms with E-state index in [4.69, 9.17) is 0 Å². The van der Waals surface area contributed by atoms with Crippen molar-refractivity contribution in [2.45, 2.75) is 51.9 Å². The summed E-state index contributed by atoms with van der Waals surface area (Å²) in [6.07, 6.45) is 8.77. The fourth-order valence-electron chi connectivity index (χ4n) is 3.27. The Balaban J connectivity index is 2.22. The number of carbonyl (C=O) groups is 1. The van der Waals surface area contributed by atoms with Crippen LogP contribution in [0.25, 0.3) is 0 Å². The molecule has 78 valence electrons. The summed E-state index contributed by atoms with van der Waals surface area (Å²) in [4.78, 5) is 11.8. The fourth-order valence-corrected chi connectivity index (χ4v) is 3.27. The third kappa shape index (κ3) is 1.43. The topological polar surface area (TPSA) is 17.1 Å².